The van der Waals surface area contributed by atoms with Crippen LogP contribution in [0.1, 0.15) is 25.3 Å². The van der Waals surface area contributed by atoms with Gasteiger partial charge in [0.15, 0.2) is 0 Å². The molecule has 3 rings (SSSR count). The highest BCUT2D eigenvalue weighted by Gasteiger charge is 2.14. The minimum Gasteiger partial charge on any atom is -0.460 e. The molecule has 152 valence electrons. The maximum Gasteiger partial charge on any atom is 0.329 e. The van der Waals surface area contributed by atoms with Crippen LogP contribution in [0.25, 0.3) is 11.0 Å². The number of aryl methyl sites for hydroxylation is 2. The third kappa shape index (κ3) is 5.13. The Morgan fingerprint density at radius 2 is 1.55 bits per heavy atom. The topological polar surface area (TPSA) is 82.3 Å². The smallest absolute Gasteiger partial charge is 0.329 e. The molecule has 0 aliphatic rings. The molecule has 0 bridgehead atoms. The monoisotopic (exact) mass is 395 g/mol. The van der Waals surface area contributed by atoms with Crippen LogP contribution in [0.5, 0.6) is 0 Å². The summed E-state index contributed by atoms with van der Waals surface area (Å²) in [6.45, 7) is 2.87. The molecule has 0 fully saturated rings. The third-order valence-electron chi connectivity index (χ3n) is 4.61. The number of ether oxygens (including phenoxy) is 1. The number of nitrogens with zero attached hydrogens (tertiary/aromatic N) is 2. The Bertz CT molecular complexity index is 1040. The fourth-order valence-electron chi connectivity index (χ4n) is 3.19. The predicted octanol–water partition coefficient (Wildman–Crippen LogP) is 2.46. The third-order valence-corrected chi connectivity index (χ3v) is 4.61. The van der Waals surface area contributed by atoms with Crippen molar-refractivity contribution in [1.29, 1.82) is 0 Å². The van der Waals surface area contributed by atoms with Crippen LogP contribution >= 0.6 is 0 Å². The molecule has 0 aliphatic heterocycles. The van der Waals surface area contributed by atoms with Crippen molar-refractivity contribution in [2.45, 2.75) is 39.5 Å². The van der Waals surface area contributed by atoms with Crippen LogP contribution in [-0.4, -0.2) is 27.6 Å². The molecule has 1 aromatic heterocycles. The lowest BCUT2D eigenvalue weighted by atomic mass is 10.2. The molecule has 7 nitrogen and oxygen atoms in total. The fraction of sp³-hybridized carbons (Fsp3) is 0.318. The van der Waals surface area contributed by atoms with Crippen LogP contribution in [0.4, 0.5) is 0 Å². The van der Waals surface area contributed by atoms with Crippen molar-refractivity contribution in [2.75, 3.05) is 6.54 Å². The van der Waals surface area contributed by atoms with Crippen molar-refractivity contribution >= 4 is 22.9 Å². The van der Waals surface area contributed by atoms with Gasteiger partial charge in [-0.15, -0.1) is 0 Å². The first-order valence-electron chi connectivity index (χ1n) is 9.74. The molecule has 0 atom stereocenters. The maximum atomic E-state index is 12.7. The van der Waals surface area contributed by atoms with Crippen molar-refractivity contribution in [2.24, 2.45) is 0 Å². The van der Waals surface area contributed by atoms with Gasteiger partial charge in [0.2, 0.25) is 5.91 Å². The first kappa shape index (κ1) is 20.4. The van der Waals surface area contributed by atoms with Gasteiger partial charge < -0.3 is 10.1 Å². The van der Waals surface area contributed by atoms with E-state index < -0.39 is 5.97 Å². The number of carbonyl (C=O) groups excluding carboxylic acids is 2. The van der Waals surface area contributed by atoms with E-state index >= 15 is 0 Å². The number of amides is 1. The Hall–Kier alpha value is -3.35. The molecule has 2 aromatic carbocycles. The molecule has 3 aromatic rings. The summed E-state index contributed by atoms with van der Waals surface area (Å²) in [6, 6.07) is 16.9. The lowest BCUT2D eigenvalue weighted by Gasteiger charge is -2.07. The fourth-order valence-corrected chi connectivity index (χ4v) is 3.19. The number of aromatic nitrogens is 2. The van der Waals surface area contributed by atoms with E-state index in [4.69, 9.17) is 4.74 Å². The van der Waals surface area contributed by atoms with Crippen LogP contribution in [-0.2, 0) is 34.0 Å². The van der Waals surface area contributed by atoms with E-state index in [2.05, 4.69) is 5.32 Å². The van der Waals surface area contributed by atoms with Crippen LogP contribution in [0, 0.1) is 0 Å². The second kappa shape index (κ2) is 9.73. The van der Waals surface area contributed by atoms with Gasteiger partial charge in [0, 0.05) is 19.5 Å². The average molecular weight is 395 g/mol. The zero-order chi connectivity index (χ0) is 20.6. The lowest BCUT2D eigenvalue weighted by Crippen LogP contribution is -2.32. The molecule has 0 radical (unpaired) electrons. The normalized spacial score (nSPS) is 10.8. The number of nitrogens with one attached hydrogen (secondary N) is 1. The second-order valence-electron chi connectivity index (χ2n) is 6.75. The number of fused-ring (bicyclic) bond motifs is 1. The molecular weight excluding hydrogens is 370 g/mol. The van der Waals surface area contributed by atoms with Crippen molar-refractivity contribution in [3.8, 4) is 0 Å². The number of hydrogen-bond acceptors (Lipinski definition) is 4. The number of para-hydroxylation sites is 2. The van der Waals surface area contributed by atoms with Crippen molar-refractivity contribution < 1.29 is 14.3 Å². The molecule has 1 amide bonds. The lowest BCUT2D eigenvalue weighted by molar-refractivity contribution is -0.145. The second-order valence-corrected chi connectivity index (χ2v) is 6.75. The van der Waals surface area contributed by atoms with Crippen molar-refractivity contribution in [3.05, 3.63) is 70.6 Å². The number of rotatable bonds is 9. The SMILES string of the molecule is CCCn1c(=O)n(CCC(=O)NCC(=O)OCc2ccccc2)c2ccccc21. The van der Waals surface area contributed by atoms with E-state index in [1.165, 1.54) is 0 Å². The van der Waals surface area contributed by atoms with Crippen LogP contribution < -0.4 is 11.0 Å². The minimum absolute atomic E-state index is 0.103. The summed E-state index contributed by atoms with van der Waals surface area (Å²) >= 11 is 0. The van der Waals surface area contributed by atoms with E-state index in [0.717, 1.165) is 23.0 Å². The number of imidazole rings is 1. The van der Waals surface area contributed by atoms with E-state index in [9.17, 15) is 14.4 Å². The molecular formula is C22H25N3O4. The van der Waals surface area contributed by atoms with E-state index in [1.54, 1.807) is 9.13 Å². The highest BCUT2D eigenvalue weighted by atomic mass is 16.5. The van der Waals surface area contributed by atoms with Crippen molar-refractivity contribution in [3.63, 3.8) is 0 Å². The largest absolute Gasteiger partial charge is 0.460 e. The van der Waals surface area contributed by atoms with E-state index in [1.807, 2.05) is 61.5 Å². The predicted molar refractivity (Wildman–Crippen MR) is 110 cm³/mol. The van der Waals surface area contributed by atoms with E-state index in [0.29, 0.717) is 6.54 Å². The molecule has 0 unspecified atom stereocenters. The summed E-state index contributed by atoms with van der Waals surface area (Å²) < 4.78 is 8.48. The maximum absolute atomic E-state index is 12.7. The molecule has 29 heavy (non-hydrogen) atoms. The van der Waals surface area contributed by atoms with Gasteiger partial charge in [-0.05, 0) is 24.1 Å². The Balaban J connectivity index is 1.52. The highest BCUT2D eigenvalue weighted by molar-refractivity contribution is 5.82. The van der Waals surface area contributed by atoms with Gasteiger partial charge in [0.1, 0.15) is 13.2 Å². The summed E-state index contributed by atoms with van der Waals surface area (Å²) in [4.78, 5) is 36.6. The van der Waals surface area contributed by atoms with Gasteiger partial charge in [0.25, 0.3) is 0 Å². The molecule has 1 heterocycles. The average Bonchev–Trinajstić information content (AvgIpc) is 3.01. The zero-order valence-corrected chi connectivity index (χ0v) is 16.5. The molecule has 1 N–H and O–H groups in total. The van der Waals surface area contributed by atoms with Crippen LogP contribution in [0.15, 0.2) is 59.4 Å². The Labute approximate surface area is 168 Å². The highest BCUT2D eigenvalue weighted by Crippen LogP contribution is 2.13. The zero-order valence-electron chi connectivity index (χ0n) is 16.5. The van der Waals surface area contributed by atoms with Gasteiger partial charge in [-0.25, -0.2) is 4.79 Å². The Morgan fingerprint density at radius 3 is 2.21 bits per heavy atom. The number of benzene rings is 2. The Morgan fingerprint density at radius 1 is 0.931 bits per heavy atom. The molecule has 0 saturated heterocycles. The number of hydrogen-bond donors (Lipinski definition) is 1. The van der Waals surface area contributed by atoms with Gasteiger partial charge in [0.05, 0.1) is 11.0 Å². The first-order chi connectivity index (χ1) is 14.1. The van der Waals surface area contributed by atoms with Gasteiger partial charge >= 0.3 is 11.7 Å². The quantitative estimate of drug-likeness (QED) is 0.564. The molecule has 0 aliphatic carbocycles. The summed E-state index contributed by atoms with van der Waals surface area (Å²) in [5, 5.41) is 2.55. The first-order valence-corrected chi connectivity index (χ1v) is 9.74. The molecule has 7 heteroatoms. The van der Waals surface area contributed by atoms with Crippen molar-refractivity contribution in [1.82, 2.24) is 14.5 Å². The minimum atomic E-state index is -0.501. The van der Waals surface area contributed by atoms with Crippen LogP contribution in [0.2, 0.25) is 0 Å². The van der Waals surface area contributed by atoms with Gasteiger partial charge in [-0.3, -0.25) is 18.7 Å². The summed E-state index contributed by atoms with van der Waals surface area (Å²) in [5.41, 5.74) is 2.43. The summed E-state index contributed by atoms with van der Waals surface area (Å²) in [7, 11) is 0. The van der Waals surface area contributed by atoms with E-state index in [-0.39, 0.29) is 37.7 Å². The summed E-state index contributed by atoms with van der Waals surface area (Å²) in [6.07, 6.45) is 0.950. The van der Waals surface area contributed by atoms with Gasteiger partial charge in [-0.2, -0.15) is 0 Å². The standard InChI is InChI=1S/C22H25N3O4/c1-2-13-24-18-10-6-7-11-19(18)25(22(24)28)14-12-20(26)23-15-21(27)29-16-17-8-4-3-5-9-17/h3-11H,2,12-16H2,1H3,(H,23,26). The summed E-state index contributed by atoms with van der Waals surface area (Å²) in [5.74, 6) is -0.806. The number of esters is 1. The molecule has 0 saturated carbocycles. The Kier molecular flexibility index (Phi) is 6.84. The molecule has 0 spiro atoms. The van der Waals surface area contributed by atoms with Gasteiger partial charge in [-0.1, -0.05) is 49.4 Å². The number of carbonyl (C=O) groups is 2. The van der Waals surface area contributed by atoms with Crippen LogP contribution in [0.3, 0.4) is 0 Å².